The average Bonchev–Trinajstić information content (AvgIpc) is 2.61. The quantitative estimate of drug-likeness (QED) is 0.771. The van der Waals surface area contributed by atoms with Gasteiger partial charge in [-0.2, -0.15) is 0 Å². The maximum atomic E-state index is 5.62. The van der Waals surface area contributed by atoms with Crippen LogP contribution in [0.25, 0.3) is 0 Å². The summed E-state index contributed by atoms with van der Waals surface area (Å²) in [5.74, 6) is 2.09. The predicted molar refractivity (Wildman–Crippen MR) is 105 cm³/mol. The second-order valence-electron chi connectivity index (χ2n) is 6.55. The van der Waals surface area contributed by atoms with Gasteiger partial charge in [-0.25, -0.2) is 0 Å². The van der Waals surface area contributed by atoms with E-state index in [4.69, 9.17) is 21.7 Å². The second-order valence-corrected chi connectivity index (χ2v) is 6.96. The van der Waals surface area contributed by atoms with Crippen molar-refractivity contribution in [3.63, 3.8) is 0 Å². The fourth-order valence-electron chi connectivity index (χ4n) is 2.88. The number of nitrogens with one attached hydrogen (secondary N) is 2. The molecule has 0 unspecified atom stereocenters. The molecule has 1 aliphatic rings. The minimum atomic E-state index is 0.179. The van der Waals surface area contributed by atoms with Crippen LogP contribution < -0.4 is 20.1 Å². The first-order valence-electron chi connectivity index (χ1n) is 8.64. The zero-order valence-electron chi connectivity index (χ0n) is 14.6. The van der Waals surface area contributed by atoms with Crippen LogP contribution in [-0.4, -0.2) is 18.3 Å². The molecule has 4 nitrogen and oxygen atoms in total. The van der Waals surface area contributed by atoms with Crippen molar-refractivity contribution in [2.24, 2.45) is 5.92 Å². The third-order valence-corrected chi connectivity index (χ3v) is 4.23. The number of rotatable bonds is 5. The van der Waals surface area contributed by atoms with Gasteiger partial charge < -0.3 is 20.1 Å². The molecule has 0 amide bonds. The van der Waals surface area contributed by atoms with E-state index in [1.54, 1.807) is 0 Å². The Morgan fingerprint density at radius 2 is 1.76 bits per heavy atom. The van der Waals surface area contributed by atoms with Gasteiger partial charge in [-0.05, 0) is 42.3 Å². The molecule has 2 aromatic rings. The maximum absolute atomic E-state index is 5.62. The zero-order valence-corrected chi connectivity index (χ0v) is 15.4. The first kappa shape index (κ1) is 17.5. The highest BCUT2D eigenvalue weighted by molar-refractivity contribution is 7.80. The summed E-state index contributed by atoms with van der Waals surface area (Å²) in [6.45, 7) is 5.60. The van der Waals surface area contributed by atoms with Gasteiger partial charge in [0.05, 0.1) is 6.04 Å². The van der Waals surface area contributed by atoms with Crippen molar-refractivity contribution >= 4 is 23.0 Å². The molecule has 1 aliphatic heterocycles. The predicted octanol–water partition coefficient (Wildman–Crippen LogP) is 4.53. The molecule has 1 heterocycles. The Kier molecular flexibility index (Phi) is 5.76. The number of anilines is 1. The summed E-state index contributed by atoms with van der Waals surface area (Å²) in [4.78, 5) is 0. The Morgan fingerprint density at radius 1 is 1.04 bits per heavy atom. The van der Waals surface area contributed by atoms with Gasteiger partial charge in [0.25, 0.3) is 0 Å². The smallest absolute Gasteiger partial charge is 0.171 e. The summed E-state index contributed by atoms with van der Waals surface area (Å²) in [5, 5.41) is 7.29. The lowest BCUT2D eigenvalue weighted by Gasteiger charge is -2.24. The van der Waals surface area contributed by atoms with E-state index in [1.165, 1.54) is 5.56 Å². The second kappa shape index (κ2) is 8.21. The molecule has 0 aliphatic carbocycles. The van der Waals surface area contributed by atoms with Crippen LogP contribution in [0.1, 0.15) is 31.9 Å². The van der Waals surface area contributed by atoms with E-state index in [9.17, 15) is 0 Å². The first-order valence-corrected chi connectivity index (χ1v) is 9.05. The van der Waals surface area contributed by atoms with Gasteiger partial charge in [0.2, 0.25) is 0 Å². The van der Waals surface area contributed by atoms with Crippen LogP contribution in [0.4, 0.5) is 5.69 Å². The van der Waals surface area contributed by atoms with Gasteiger partial charge in [0, 0.05) is 11.8 Å². The van der Waals surface area contributed by atoms with Crippen molar-refractivity contribution in [2.75, 3.05) is 18.5 Å². The summed E-state index contributed by atoms with van der Waals surface area (Å²) in [6, 6.07) is 16.4. The molecule has 0 fully saturated rings. The molecule has 5 heteroatoms. The Bertz CT molecular complexity index is 719. The molecule has 0 saturated heterocycles. The minimum Gasteiger partial charge on any atom is -0.486 e. The van der Waals surface area contributed by atoms with Crippen LogP contribution in [0.3, 0.4) is 0 Å². The van der Waals surface area contributed by atoms with Crippen LogP contribution >= 0.6 is 12.2 Å². The Morgan fingerprint density at radius 3 is 2.48 bits per heavy atom. The molecule has 0 saturated carbocycles. The molecule has 2 aromatic carbocycles. The van der Waals surface area contributed by atoms with E-state index < -0.39 is 0 Å². The highest BCUT2D eigenvalue weighted by Gasteiger charge is 2.16. The molecule has 2 N–H and O–H groups in total. The first-order chi connectivity index (χ1) is 12.1. The van der Waals surface area contributed by atoms with Crippen LogP contribution in [0.15, 0.2) is 48.5 Å². The SMILES string of the molecule is CC(C)C[C@@H](NC(=S)Nc1ccc2c(c1)OCCO2)c1ccccc1. The fourth-order valence-corrected chi connectivity index (χ4v) is 3.14. The topological polar surface area (TPSA) is 42.5 Å². The number of hydrogen-bond donors (Lipinski definition) is 2. The minimum absolute atomic E-state index is 0.179. The number of benzene rings is 2. The molecule has 0 radical (unpaired) electrons. The van der Waals surface area contributed by atoms with E-state index >= 15 is 0 Å². The molecule has 25 heavy (non-hydrogen) atoms. The molecular weight excluding hydrogens is 332 g/mol. The van der Waals surface area contributed by atoms with E-state index in [-0.39, 0.29) is 6.04 Å². The lowest BCUT2D eigenvalue weighted by Crippen LogP contribution is -2.33. The molecule has 0 bridgehead atoms. The Balaban J connectivity index is 1.67. The lowest BCUT2D eigenvalue weighted by molar-refractivity contribution is 0.171. The monoisotopic (exact) mass is 356 g/mol. The maximum Gasteiger partial charge on any atom is 0.171 e. The van der Waals surface area contributed by atoms with Crippen molar-refractivity contribution in [2.45, 2.75) is 26.3 Å². The van der Waals surface area contributed by atoms with Gasteiger partial charge >= 0.3 is 0 Å². The van der Waals surface area contributed by atoms with E-state index in [1.807, 2.05) is 24.3 Å². The summed E-state index contributed by atoms with van der Waals surface area (Å²) < 4.78 is 11.2. The van der Waals surface area contributed by atoms with Gasteiger partial charge in [0.15, 0.2) is 16.6 Å². The highest BCUT2D eigenvalue weighted by atomic mass is 32.1. The lowest BCUT2D eigenvalue weighted by atomic mass is 9.97. The normalized spacial score (nSPS) is 14.0. The van der Waals surface area contributed by atoms with E-state index in [2.05, 4.69) is 48.7 Å². The van der Waals surface area contributed by atoms with Crippen molar-refractivity contribution in [1.82, 2.24) is 5.32 Å². The number of fused-ring (bicyclic) bond motifs is 1. The van der Waals surface area contributed by atoms with E-state index in [0.29, 0.717) is 24.2 Å². The molecule has 132 valence electrons. The van der Waals surface area contributed by atoms with Crippen LogP contribution in [0.2, 0.25) is 0 Å². The molecule has 0 aromatic heterocycles. The number of hydrogen-bond acceptors (Lipinski definition) is 3. The van der Waals surface area contributed by atoms with Crippen LogP contribution in [0.5, 0.6) is 11.5 Å². The molecule has 3 rings (SSSR count). The average molecular weight is 356 g/mol. The van der Waals surface area contributed by atoms with Crippen LogP contribution in [0, 0.1) is 5.92 Å². The van der Waals surface area contributed by atoms with Gasteiger partial charge in [-0.15, -0.1) is 0 Å². The molecule has 1 atom stereocenters. The van der Waals surface area contributed by atoms with Crippen molar-refractivity contribution in [3.8, 4) is 11.5 Å². The highest BCUT2D eigenvalue weighted by Crippen LogP contribution is 2.32. The number of thiocarbonyl (C=S) groups is 1. The summed E-state index contributed by atoms with van der Waals surface area (Å²) in [7, 11) is 0. The molecular formula is C20H24N2O2S. The van der Waals surface area contributed by atoms with Crippen molar-refractivity contribution < 1.29 is 9.47 Å². The van der Waals surface area contributed by atoms with Crippen molar-refractivity contribution in [3.05, 3.63) is 54.1 Å². The fraction of sp³-hybridized carbons (Fsp3) is 0.350. The summed E-state index contributed by atoms with van der Waals surface area (Å²) in [5.41, 5.74) is 2.13. The Hall–Kier alpha value is -2.27. The Labute approximate surface area is 154 Å². The van der Waals surface area contributed by atoms with E-state index in [0.717, 1.165) is 23.6 Å². The van der Waals surface area contributed by atoms with Gasteiger partial charge in [-0.3, -0.25) is 0 Å². The largest absolute Gasteiger partial charge is 0.486 e. The number of ether oxygens (including phenoxy) is 2. The summed E-state index contributed by atoms with van der Waals surface area (Å²) in [6.07, 6.45) is 1.01. The van der Waals surface area contributed by atoms with Crippen LogP contribution in [-0.2, 0) is 0 Å². The van der Waals surface area contributed by atoms with Crippen molar-refractivity contribution in [1.29, 1.82) is 0 Å². The summed E-state index contributed by atoms with van der Waals surface area (Å²) >= 11 is 5.53. The zero-order chi connectivity index (χ0) is 17.6. The van der Waals surface area contributed by atoms with Gasteiger partial charge in [0.1, 0.15) is 13.2 Å². The standard InChI is InChI=1S/C20H24N2O2S/c1-14(2)12-17(15-6-4-3-5-7-15)22-20(25)21-16-8-9-18-19(13-16)24-11-10-23-18/h3-9,13-14,17H,10-12H2,1-2H3,(H2,21,22,25)/t17-/m1/s1. The molecule has 0 spiro atoms. The third-order valence-electron chi connectivity index (χ3n) is 4.01. The third kappa shape index (κ3) is 4.86. The van der Waals surface area contributed by atoms with Gasteiger partial charge in [-0.1, -0.05) is 44.2 Å².